The monoisotopic (exact) mass is 572 g/mol. The van der Waals surface area contributed by atoms with Gasteiger partial charge in [0.25, 0.3) is 0 Å². The lowest BCUT2D eigenvalue weighted by Gasteiger charge is -2.30. The maximum absolute atomic E-state index is 11.6. The van der Waals surface area contributed by atoms with Crippen LogP contribution in [0.1, 0.15) is 12.0 Å². The minimum atomic E-state index is -1.40. The molecule has 9 nitrogen and oxygen atoms in total. The lowest BCUT2D eigenvalue weighted by atomic mass is 10.00. The van der Waals surface area contributed by atoms with Crippen LogP contribution in [0.4, 0.5) is 16.3 Å². The number of rotatable bonds is 8. The van der Waals surface area contributed by atoms with Crippen LogP contribution in [0, 0.1) is 0 Å². The minimum Gasteiger partial charge on any atom is -0.493 e. The third-order valence-electron chi connectivity index (χ3n) is 7.27. The first-order valence-corrected chi connectivity index (χ1v) is 13.8. The van der Waals surface area contributed by atoms with E-state index in [9.17, 15) is 9.90 Å². The van der Waals surface area contributed by atoms with Crippen molar-refractivity contribution in [1.29, 1.82) is 0 Å². The molecule has 1 aliphatic rings. The zero-order valence-corrected chi connectivity index (χ0v) is 23.0. The Morgan fingerprint density at radius 2 is 1.83 bits per heavy atom. The molecule has 41 heavy (non-hydrogen) atoms. The van der Waals surface area contributed by atoms with E-state index < -0.39 is 6.16 Å². The summed E-state index contributed by atoms with van der Waals surface area (Å²) in [7, 11) is 0. The second-order valence-electron chi connectivity index (χ2n) is 9.78. The van der Waals surface area contributed by atoms with Crippen molar-refractivity contribution in [2.75, 3.05) is 43.5 Å². The quantitative estimate of drug-likeness (QED) is 0.142. The van der Waals surface area contributed by atoms with Gasteiger partial charge in [0.15, 0.2) is 0 Å². The molecule has 3 aromatic carbocycles. The molecule has 2 aromatic heterocycles. The number of pyridine rings is 1. The smallest absolute Gasteiger partial charge is 0.493 e. The van der Waals surface area contributed by atoms with Crippen molar-refractivity contribution < 1.29 is 24.1 Å². The van der Waals surface area contributed by atoms with E-state index in [0.29, 0.717) is 73.4 Å². The normalized spacial score (nSPS) is 13.5. The summed E-state index contributed by atoms with van der Waals surface area (Å²) in [5, 5.41) is 12.9. The van der Waals surface area contributed by atoms with E-state index in [4.69, 9.17) is 31.5 Å². The Labute approximate surface area is 241 Å². The zero-order valence-electron chi connectivity index (χ0n) is 22.2. The Kier molecular flexibility index (Phi) is 7.54. The van der Waals surface area contributed by atoms with Crippen LogP contribution in [-0.2, 0) is 11.2 Å². The fourth-order valence-electron chi connectivity index (χ4n) is 5.38. The highest BCUT2D eigenvalue weighted by molar-refractivity contribution is 6.37. The number of H-pyrrole nitrogens is 1. The standard InChI is InChI=1S/C31H29ClN4O5/c32-27-24(33)18-34-29(36-13-16-39-17-14-36)26(27)23-10-4-9-21-22(30(35-28(21)23)41-31(37)38)11-5-15-40-25-12-3-7-19-6-1-2-8-20(19)25/h1-4,6-10,12,18,35H,5,11,13-17,33H2,(H,37,38). The van der Waals surface area contributed by atoms with E-state index in [1.807, 2.05) is 60.7 Å². The van der Waals surface area contributed by atoms with Gasteiger partial charge in [-0.15, -0.1) is 0 Å². The number of nitrogens with two attached hydrogens (primary N) is 1. The Morgan fingerprint density at radius 1 is 1.07 bits per heavy atom. The van der Waals surface area contributed by atoms with Gasteiger partial charge in [-0.05, 0) is 24.3 Å². The van der Waals surface area contributed by atoms with Gasteiger partial charge in [0.05, 0.1) is 42.2 Å². The molecule has 0 bridgehead atoms. The van der Waals surface area contributed by atoms with Crippen molar-refractivity contribution >= 4 is 50.9 Å². The lowest BCUT2D eigenvalue weighted by Crippen LogP contribution is -2.37. The van der Waals surface area contributed by atoms with Gasteiger partial charge in [0.1, 0.15) is 11.6 Å². The number of benzene rings is 3. The summed E-state index contributed by atoms with van der Waals surface area (Å²) < 4.78 is 16.9. The summed E-state index contributed by atoms with van der Waals surface area (Å²) in [5.41, 5.74) is 9.42. The number of aromatic amines is 1. The molecule has 0 atom stereocenters. The molecular formula is C31H29ClN4O5. The van der Waals surface area contributed by atoms with Crippen LogP contribution in [0.2, 0.25) is 5.02 Å². The van der Waals surface area contributed by atoms with Gasteiger partial charge >= 0.3 is 6.16 Å². The van der Waals surface area contributed by atoms with Gasteiger partial charge < -0.3 is 34.9 Å². The third kappa shape index (κ3) is 5.33. The van der Waals surface area contributed by atoms with Crippen molar-refractivity contribution in [3.8, 4) is 22.8 Å². The number of para-hydroxylation sites is 1. The lowest BCUT2D eigenvalue weighted by molar-refractivity contribution is 0.122. The largest absolute Gasteiger partial charge is 0.512 e. The molecule has 1 aliphatic heterocycles. The molecule has 210 valence electrons. The molecule has 1 fully saturated rings. The molecule has 5 aromatic rings. The predicted molar refractivity (Wildman–Crippen MR) is 160 cm³/mol. The number of anilines is 2. The number of ether oxygens (including phenoxy) is 3. The number of hydrogen-bond acceptors (Lipinski definition) is 7. The minimum absolute atomic E-state index is 0.172. The van der Waals surface area contributed by atoms with Crippen LogP contribution in [0.3, 0.4) is 0 Å². The Balaban J connectivity index is 1.34. The molecule has 0 aliphatic carbocycles. The second kappa shape index (κ2) is 11.6. The van der Waals surface area contributed by atoms with Gasteiger partial charge in [-0.1, -0.05) is 66.2 Å². The maximum Gasteiger partial charge on any atom is 0.512 e. The first-order chi connectivity index (χ1) is 20.0. The van der Waals surface area contributed by atoms with Gasteiger partial charge in [0.2, 0.25) is 5.88 Å². The van der Waals surface area contributed by atoms with Crippen LogP contribution in [-0.4, -0.2) is 54.1 Å². The molecule has 0 unspecified atom stereocenters. The van der Waals surface area contributed by atoms with E-state index in [2.05, 4.69) is 14.9 Å². The Hall–Kier alpha value is -4.47. The average molecular weight is 573 g/mol. The van der Waals surface area contributed by atoms with Crippen molar-refractivity contribution in [2.45, 2.75) is 12.8 Å². The van der Waals surface area contributed by atoms with Gasteiger partial charge in [-0.3, -0.25) is 0 Å². The van der Waals surface area contributed by atoms with Crippen LogP contribution < -0.4 is 20.1 Å². The molecular weight excluding hydrogens is 544 g/mol. The molecule has 1 saturated heterocycles. The maximum atomic E-state index is 11.6. The van der Waals surface area contributed by atoms with Gasteiger partial charge in [-0.2, -0.15) is 0 Å². The van der Waals surface area contributed by atoms with Crippen LogP contribution in [0.5, 0.6) is 11.6 Å². The first-order valence-electron chi connectivity index (χ1n) is 13.4. The number of morpholine rings is 1. The topological polar surface area (TPSA) is 123 Å². The molecule has 0 spiro atoms. The third-order valence-corrected chi connectivity index (χ3v) is 7.68. The SMILES string of the molecule is Nc1cnc(N2CCOCC2)c(-c2cccc3c(CCCOc4cccc5ccccc45)c(OC(=O)O)[nH]c23)c1Cl. The van der Waals surface area contributed by atoms with Gasteiger partial charge in [0, 0.05) is 40.6 Å². The fourth-order valence-corrected chi connectivity index (χ4v) is 5.62. The van der Waals surface area contributed by atoms with Crippen LogP contribution in [0.25, 0.3) is 32.8 Å². The summed E-state index contributed by atoms with van der Waals surface area (Å²) in [6.45, 7) is 2.93. The molecule has 0 radical (unpaired) electrons. The summed E-state index contributed by atoms with van der Waals surface area (Å²) in [5.74, 6) is 1.68. The van der Waals surface area contributed by atoms with Crippen molar-refractivity contribution in [1.82, 2.24) is 9.97 Å². The highest BCUT2D eigenvalue weighted by Gasteiger charge is 2.25. The average Bonchev–Trinajstić information content (AvgIpc) is 3.33. The summed E-state index contributed by atoms with van der Waals surface area (Å²) in [4.78, 5) is 21.6. The van der Waals surface area contributed by atoms with Crippen LogP contribution >= 0.6 is 11.6 Å². The summed E-state index contributed by atoms with van der Waals surface area (Å²) in [6.07, 6.45) is 1.32. The number of aryl methyl sites for hydroxylation is 1. The number of nitrogens with zero attached hydrogens (tertiary/aromatic N) is 2. The van der Waals surface area contributed by atoms with E-state index in [1.54, 1.807) is 6.20 Å². The molecule has 3 heterocycles. The van der Waals surface area contributed by atoms with Gasteiger partial charge in [-0.25, -0.2) is 9.78 Å². The number of aromatic nitrogens is 2. The van der Waals surface area contributed by atoms with E-state index >= 15 is 0 Å². The van der Waals surface area contributed by atoms with E-state index in [1.165, 1.54) is 0 Å². The van der Waals surface area contributed by atoms with Crippen LogP contribution in [0.15, 0.2) is 66.9 Å². The highest BCUT2D eigenvalue weighted by atomic mass is 35.5. The molecule has 0 amide bonds. The predicted octanol–water partition coefficient (Wildman–Crippen LogP) is 6.52. The first kappa shape index (κ1) is 26.7. The molecule has 6 rings (SSSR count). The van der Waals surface area contributed by atoms with E-state index in [0.717, 1.165) is 33.0 Å². The number of fused-ring (bicyclic) bond motifs is 2. The molecule has 4 N–H and O–H groups in total. The number of nitrogen functional groups attached to an aromatic ring is 1. The summed E-state index contributed by atoms with van der Waals surface area (Å²) in [6, 6.07) is 19.8. The molecule has 10 heteroatoms. The number of carboxylic acid groups (broad SMARTS) is 1. The Morgan fingerprint density at radius 3 is 2.66 bits per heavy atom. The van der Waals surface area contributed by atoms with E-state index in [-0.39, 0.29) is 5.88 Å². The number of nitrogens with one attached hydrogen (secondary N) is 1. The Bertz CT molecular complexity index is 1730. The highest BCUT2D eigenvalue weighted by Crippen LogP contribution is 2.43. The second-order valence-corrected chi connectivity index (χ2v) is 10.2. The zero-order chi connectivity index (χ0) is 28.3. The fraction of sp³-hybridized carbons (Fsp3) is 0.226. The van der Waals surface area contributed by atoms with Crippen molar-refractivity contribution in [3.05, 3.63) is 77.4 Å². The summed E-state index contributed by atoms with van der Waals surface area (Å²) >= 11 is 6.81. The van der Waals surface area contributed by atoms with Crippen molar-refractivity contribution in [2.24, 2.45) is 0 Å². The van der Waals surface area contributed by atoms with Crippen molar-refractivity contribution in [3.63, 3.8) is 0 Å². The number of halogens is 1. The molecule has 0 saturated carbocycles. The number of carbonyl (C=O) groups is 1. The number of hydrogen-bond donors (Lipinski definition) is 3.